The van der Waals surface area contributed by atoms with Crippen LogP contribution < -0.4 is 0 Å². The fraction of sp³-hybridized carbons (Fsp3) is 0.650. The first-order valence-corrected chi connectivity index (χ1v) is 9.75. The largest absolute Gasteiger partial charge is 0.354 e. The minimum Gasteiger partial charge on any atom is -0.354 e. The molecule has 4 rings (SSSR count). The monoisotopic (exact) mass is 357 g/mol. The van der Waals surface area contributed by atoms with Crippen molar-refractivity contribution in [2.24, 2.45) is 11.8 Å². The van der Waals surface area contributed by atoms with E-state index in [4.69, 9.17) is 0 Å². The number of H-pyrrole nitrogens is 1. The van der Waals surface area contributed by atoms with Crippen molar-refractivity contribution in [1.82, 2.24) is 14.8 Å². The Morgan fingerprint density at radius 3 is 2.46 bits per heavy atom. The van der Waals surface area contributed by atoms with E-state index in [-0.39, 0.29) is 17.6 Å². The number of piperidine rings is 1. The van der Waals surface area contributed by atoms with Gasteiger partial charge in [0.15, 0.2) is 5.78 Å². The molecule has 140 valence electrons. The van der Waals surface area contributed by atoms with Gasteiger partial charge in [-0.25, -0.2) is 0 Å². The number of amides is 2. The summed E-state index contributed by atoms with van der Waals surface area (Å²) in [5.41, 5.74) is 3.10. The fourth-order valence-electron chi connectivity index (χ4n) is 4.80. The highest BCUT2D eigenvalue weighted by Crippen LogP contribution is 2.33. The summed E-state index contributed by atoms with van der Waals surface area (Å²) >= 11 is 0. The van der Waals surface area contributed by atoms with Gasteiger partial charge in [0.25, 0.3) is 5.91 Å². The number of ketones is 1. The van der Waals surface area contributed by atoms with Crippen molar-refractivity contribution in [3.05, 3.63) is 22.5 Å². The topological polar surface area (TPSA) is 73.5 Å². The van der Waals surface area contributed by atoms with Crippen LogP contribution in [0.1, 0.15) is 64.7 Å². The van der Waals surface area contributed by atoms with E-state index in [2.05, 4.69) is 4.98 Å². The van der Waals surface area contributed by atoms with Crippen LogP contribution in [0.4, 0.5) is 0 Å². The van der Waals surface area contributed by atoms with Crippen LogP contribution in [0, 0.1) is 18.8 Å². The van der Waals surface area contributed by atoms with Crippen LogP contribution in [-0.2, 0) is 11.2 Å². The van der Waals surface area contributed by atoms with Crippen LogP contribution in [0.5, 0.6) is 0 Å². The first-order chi connectivity index (χ1) is 12.5. The molecular formula is C20H27N3O3. The Morgan fingerprint density at radius 1 is 1.04 bits per heavy atom. The Bertz CT molecular complexity index is 761. The van der Waals surface area contributed by atoms with E-state index < -0.39 is 0 Å². The lowest BCUT2D eigenvalue weighted by atomic mass is 9.80. The zero-order valence-corrected chi connectivity index (χ0v) is 15.6. The molecule has 1 aliphatic carbocycles. The van der Waals surface area contributed by atoms with Crippen LogP contribution in [0.25, 0.3) is 0 Å². The van der Waals surface area contributed by atoms with Crippen molar-refractivity contribution in [3.8, 4) is 0 Å². The van der Waals surface area contributed by atoms with Gasteiger partial charge in [0.2, 0.25) is 5.91 Å². The minimum absolute atomic E-state index is 0.0141. The molecule has 1 aromatic heterocycles. The molecule has 1 unspecified atom stereocenters. The maximum Gasteiger partial charge on any atom is 0.270 e. The lowest BCUT2D eigenvalue weighted by Gasteiger charge is -2.46. The maximum absolute atomic E-state index is 12.9. The predicted octanol–water partition coefficient (Wildman–Crippen LogP) is 2.17. The third kappa shape index (κ3) is 2.85. The number of aromatic nitrogens is 1. The van der Waals surface area contributed by atoms with Crippen molar-refractivity contribution >= 4 is 17.6 Å². The smallest absolute Gasteiger partial charge is 0.270 e. The highest BCUT2D eigenvalue weighted by atomic mass is 16.2. The van der Waals surface area contributed by atoms with Crippen molar-refractivity contribution in [2.75, 3.05) is 26.2 Å². The Labute approximate surface area is 153 Å². The number of likely N-dealkylation sites (tertiary alicyclic amines) is 2. The predicted molar refractivity (Wildman–Crippen MR) is 97.2 cm³/mol. The number of nitrogens with one attached hydrogen (secondary N) is 1. The fourth-order valence-corrected chi connectivity index (χ4v) is 4.80. The Hall–Kier alpha value is -2.11. The van der Waals surface area contributed by atoms with Crippen molar-refractivity contribution < 1.29 is 14.4 Å². The van der Waals surface area contributed by atoms with E-state index in [0.29, 0.717) is 24.0 Å². The second-order valence-electron chi connectivity index (χ2n) is 8.09. The molecule has 26 heavy (non-hydrogen) atoms. The molecule has 3 aliphatic rings. The van der Waals surface area contributed by atoms with Crippen molar-refractivity contribution in [3.63, 3.8) is 0 Å². The van der Waals surface area contributed by atoms with Gasteiger partial charge in [-0.1, -0.05) is 0 Å². The Balaban J connectivity index is 1.41. The van der Waals surface area contributed by atoms with E-state index in [0.717, 1.165) is 68.7 Å². The van der Waals surface area contributed by atoms with E-state index in [1.165, 1.54) is 0 Å². The highest BCUT2D eigenvalue weighted by molar-refractivity contribution is 6.04. The van der Waals surface area contributed by atoms with Crippen LogP contribution >= 0.6 is 0 Å². The molecule has 6 heteroatoms. The second kappa shape index (κ2) is 6.56. The molecule has 1 aromatic rings. The maximum atomic E-state index is 12.9. The average Bonchev–Trinajstić information content (AvgIpc) is 2.92. The molecule has 3 heterocycles. The number of hydrogen-bond acceptors (Lipinski definition) is 3. The summed E-state index contributed by atoms with van der Waals surface area (Å²) in [6.45, 7) is 6.72. The van der Waals surface area contributed by atoms with Gasteiger partial charge >= 0.3 is 0 Å². The molecule has 0 aromatic carbocycles. The molecule has 6 nitrogen and oxygen atoms in total. The summed E-state index contributed by atoms with van der Waals surface area (Å²) in [4.78, 5) is 43.7. The van der Waals surface area contributed by atoms with E-state index in [9.17, 15) is 14.4 Å². The molecule has 0 saturated carbocycles. The summed E-state index contributed by atoms with van der Waals surface area (Å²) in [6.07, 6.45) is 4.49. The van der Waals surface area contributed by atoms with Gasteiger partial charge in [0, 0.05) is 50.8 Å². The molecule has 1 atom stereocenters. The number of carbonyl (C=O) groups excluding carboxylic acids is 3. The molecule has 2 aliphatic heterocycles. The number of Topliss-reactive ketones (excluding diaryl/α,β-unsaturated/α-hetero) is 1. The van der Waals surface area contributed by atoms with Gasteiger partial charge in [-0.2, -0.15) is 0 Å². The summed E-state index contributed by atoms with van der Waals surface area (Å²) in [5, 5.41) is 0. The van der Waals surface area contributed by atoms with Crippen molar-refractivity contribution in [1.29, 1.82) is 0 Å². The Kier molecular flexibility index (Phi) is 4.37. The number of aryl methyl sites for hydroxylation is 1. The van der Waals surface area contributed by atoms with Crippen LogP contribution in [0.3, 0.4) is 0 Å². The summed E-state index contributed by atoms with van der Waals surface area (Å²) in [6, 6.07) is 0. The molecular weight excluding hydrogens is 330 g/mol. The van der Waals surface area contributed by atoms with Gasteiger partial charge < -0.3 is 14.8 Å². The average molecular weight is 357 g/mol. The summed E-state index contributed by atoms with van der Waals surface area (Å²) in [7, 11) is 0. The first kappa shape index (κ1) is 17.3. The number of fused-ring (bicyclic) bond motifs is 1. The quantitative estimate of drug-likeness (QED) is 0.882. The molecule has 0 bridgehead atoms. The van der Waals surface area contributed by atoms with Crippen LogP contribution in [0.15, 0.2) is 0 Å². The molecule has 0 radical (unpaired) electrons. The normalized spacial score (nSPS) is 23.6. The van der Waals surface area contributed by atoms with Gasteiger partial charge in [0.05, 0.1) is 0 Å². The lowest BCUT2D eigenvalue weighted by molar-refractivity contribution is -0.131. The minimum atomic E-state index is 0.0141. The zero-order chi connectivity index (χ0) is 18.4. The standard InChI is InChI=1S/C20H27N3O3/c1-12-18-16(6-3-7-17(18)25)21-19(12)20(26)23-10-15(11-23)14-5-4-8-22(9-14)13(2)24/h14-15,21H,3-11H2,1-2H3. The summed E-state index contributed by atoms with van der Waals surface area (Å²) < 4.78 is 0. The van der Waals surface area contributed by atoms with E-state index in [1.807, 2.05) is 16.7 Å². The summed E-state index contributed by atoms with van der Waals surface area (Å²) in [5.74, 6) is 1.30. The van der Waals surface area contributed by atoms with E-state index >= 15 is 0 Å². The zero-order valence-electron chi connectivity index (χ0n) is 15.6. The number of carbonyl (C=O) groups is 3. The van der Waals surface area contributed by atoms with Gasteiger partial charge in [-0.15, -0.1) is 0 Å². The second-order valence-corrected chi connectivity index (χ2v) is 8.09. The first-order valence-electron chi connectivity index (χ1n) is 9.75. The van der Waals surface area contributed by atoms with Crippen LogP contribution in [0.2, 0.25) is 0 Å². The molecule has 1 N–H and O–H groups in total. The number of aromatic amines is 1. The van der Waals surface area contributed by atoms with E-state index in [1.54, 1.807) is 6.92 Å². The lowest BCUT2D eigenvalue weighted by Crippen LogP contribution is -2.55. The number of nitrogens with zero attached hydrogens (tertiary/aromatic N) is 2. The Morgan fingerprint density at radius 2 is 1.77 bits per heavy atom. The third-order valence-corrected chi connectivity index (χ3v) is 6.42. The number of hydrogen-bond donors (Lipinski definition) is 1. The van der Waals surface area contributed by atoms with Gasteiger partial charge in [-0.3, -0.25) is 14.4 Å². The SMILES string of the molecule is CC(=O)N1CCCC(C2CN(C(=O)c3[nH]c4c(c3C)C(=O)CCC4)C2)C1. The van der Waals surface area contributed by atoms with Gasteiger partial charge in [0.1, 0.15) is 5.69 Å². The van der Waals surface area contributed by atoms with Gasteiger partial charge in [-0.05, 0) is 50.0 Å². The molecule has 0 spiro atoms. The highest BCUT2D eigenvalue weighted by Gasteiger charge is 2.39. The molecule has 2 saturated heterocycles. The molecule has 2 amide bonds. The van der Waals surface area contributed by atoms with Crippen LogP contribution in [-0.4, -0.2) is 58.6 Å². The molecule has 2 fully saturated rings. The third-order valence-electron chi connectivity index (χ3n) is 6.42. The number of rotatable bonds is 2. The van der Waals surface area contributed by atoms with Crippen molar-refractivity contribution in [2.45, 2.75) is 46.0 Å².